The van der Waals surface area contributed by atoms with E-state index in [0.717, 1.165) is 0 Å². The number of alkyl halides is 1. The Kier molecular flexibility index (Phi) is 3.77. The van der Waals surface area contributed by atoms with Crippen LogP contribution in [-0.4, -0.2) is 23.4 Å². The van der Waals surface area contributed by atoms with Gasteiger partial charge in [-0.25, -0.2) is 0 Å². The maximum absolute atomic E-state index is 12.7. The number of halogens is 1. The zero-order chi connectivity index (χ0) is 15.7. The molecule has 110 valence electrons. The molecule has 0 heterocycles. The van der Waals surface area contributed by atoms with Crippen molar-refractivity contribution in [1.82, 2.24) is 0 Å². The van der Waals surface area contributed by atoms with E-state index in [-0.39, 0.29) is 35.3 Å². The van der Waals surface area contributed by atoms with E-state index < -0.39 is 0 Å². The standard InChI is InChI=1S/C17H12ClNO3/c18-9-8-14(20)19-13-7-3-6-12-15(13)17(22)11-5-2-1-4-10(11)16(12)21/h1-7H,8-9H2,(H,19,20). The molecule has 1 amide bonds. The average molecular weight is 314 g/mol. The smallest absolute Gasteiger partial charge is 0.225 e. The molecule has 0 bridgehead atoms. The predicted molar refractivity (Wildman–Crippen MR) is 83.7 cm³/mol. The topological polar surface area (TPSA) is 63.2 Å². The molecule has 1 aliphatic carbocycles. The molecule has 1 aliphatic rings. The van der Waals surface area contributed by atoms with Crippen molar-refractivity contribution >= 4 is 34.8 Å². The Balaban J connectivity index is 2.11. The van der Waals surface area contributed by atoms with Crippen LogP contribution >= 0.6 is 11.6 Å². The molecule has 0 spiro atoms. The zero-order valence-corrected chi connectivity index (χ0v) is 12.3. The lowest BCUT2D eigenvalue weighted by Crippen LogP contribution is -2.23. The number of amides is 1. The zero-order valence-electron chi connectivity index (χ0n) is 11.6. The van der Waals surface area contributed by atoms with E-state index in [1.54, 1.807) is 42.5 Å². The number of fused-ring (bicyclic) bond motifs is 2. The third kappa shape index (κ3) is 2.31. The van der Waals surface area contributed by atoms with E-state index in [0.29, 0.717) is 22.4 Å². The van der Waals surface area contributed by atoms with Gasteiger partial charge in [0.15, 0.2) is 11.6 Å². The van der Waals surface area contributed by atoms with E-state index >= 15 is 0 Å². The molecule has 0 atom stereocenters. The summed E-state index contributed by atoms with van der Waals surface area (Å²) in [7, 11) is 0. The number of carbonyl (C=O) groups is 3. The van der Waals surface area contributed by atoms with Crippen LogP contribution in [0.3, 0.4) is 0 Å². The van der Waals surface area contributed by atoms with Crippen LogP contribution in [0.2, 0.25) is 0 Å². The second kappa shape index (κ2) is 5.73. The van der Waals surface area contributed by atoms with Crippen molar-refractivity contribution in [2.24, 2.45) is 0 Å². The quantitative estimate of drug-likeness (QED) is 0.756. The Hall–Kier alpha value is -2.46. The highest BCUT2D eigenvalue weighted by atomic mass is 35.5. The molecule has 2 aromatic carbocycles. The van der Waals surface area contributed by atoms with Gasteiger partial charge in [-0.15, -0.1) is 11.6 Å². The summed E-state index contributed by atoms with van der Waals surface area (Å²) in [5, 5.41) is 2.66. The second-order valence-corrected chi connectivity index (χ2v) is 5.30. The van der Waals surface area contributed by atoms with Crippen LogP contribution in [0.4, 0.5) is 5.69 Å². The molecule has 4 nitrogen and oxygen atoms in total. The van der Waals surface area contributed by atoms with Gasteiger partial charge in [0.05, 0.1) is 11.3 Å². The molecule has 5 heteroatoms. The Morgan fingerprint density at radius 2 is 1.55 bits per heavy atom. The molecule has 1 N–H and O–H groups in total. The third-order valence-corrected chi connectivity index (χ3v) is 3.74. The molecule has 0 aliphatic heterocycles. The first kappa shape index (κ1) is 14.5. The van der Waals surface area contributed by atoms with Crippen molar-refractivity contribution in [2.75, 3.05) is 11.2 Å². The first-order chi connectivity index (χ1) is 10.6. The predicted octanol–water partition coefficient (Wildman–Crippen LogP) is 3.03. The van der Waals surface area contributed by atoms with Crippen LogP contribution < -0.4 is 5.32 Å². The third-order valence-electron chi connectivity index (χ3n) is 3.55. The maximum atomic E-state index is 12.7. The number of anilines is 1. The number of rotatable bonds is 3. The van der Waals surface area contributed by atoms with Gasteiger partial charge in [-0.1, -0.05) is 36.4 Å². The fraction of sp³-hybridized carbons (Fsp3) is 0.118. The SMILES string of the molecule is O=C(CCCl)Nc1cccc2c1C(=O)c1ccccc1C2=O. The normalized spacial score (nSPS) is 12.6. The van der Waals surface area contributed by atoms with E-state index in [1.165, 1.54) is 0 Å². The summed E-state index contributed by atoms with van der Waals surface area (Å²) in [4.78, 5) is 37.0. The summed E-state index contributed by atoms with van der Waals surface area (Å²) in [5.41, 5.74) is 1.66. The Morgan fingerprint density at radius 1 is 0.909 bits per heavy atom. The second-order valence-electron chi connectivity index (χ2n) is 4.92. The van der Waals surface area contributed by atoms with Gasteiger partial charge in [-0.2, -0.15) is 0 Å². The highest BCUT2D eigenvalue weighted by Crippen LogP contribution is 2.31. The molecule has 2 aromatic rings. The molecule has 0 fully saturated rings. The minimum Gasteiger partial charge on any atom is -0.325 e. The monoisotopic (exact) mass is 313 g/mol. The molecule has 3 rings (SSSR count). The fourth-order valence-corrected chi connectivity index (χ4v) is 2.72. The van der Waals surface area contributed by atoms with Crippen LogP contribution in [0.15, 0.2) is 42.5 Å². The van der Waals surface area contributed by atoms with Crippen LogP contribution in [0.1, 0.15) is 38.3 Å². The van der Waals surface area contributed by atoms with Gasteiger partial charge >= 0.3 is 0 Å². The van der Waals surface area contributed by atoms with Crippen molar-refractivity contribution in [3.63, 3.8) is 0 Å². The van der Waals surface area contributed by atoms with Crippen molar-refractivity contribution in [3.8, 4) is 0 Å². The van der Waals surface area contributed by atoms with Gasteiger partial charge in [-0.05, 0) is 6.07 Å². The van der Waals surface area contributed by atoms with Crippen molar-refractivity contribution < 1.29 is 14.4 Å². The lowest BCUT2D eigenvalue weighted by molar-refractivity contribution is -0.115. The summed E-state index contributed by atoms with van der Waals surface area (Å²) in [5.74, 6) is -0.565. The highest BCUT2D eigenvalue weighted by Gasteiger charge is 2.31. The Morgan fingerprint density at radius 3 is 2.23 bits per heavy atom. The maximum Gasteiger partial charge on any atom is 0.225 e. The van der Waals surface area contributed by atoms with Crippen LogP contribution in [0.25, 0.3) is 0 Å². The van der Waals surface area contributed by atoms with Gasteiger partial charge in [-0.3, -0.25) is 14.4 Å². The lowest BCUT2D eigenvalue weighted by Gasteiger charge is -2.20. The van der Waals surface area contributed by atoms with Crippen LogP contribution in [0.5, 0.6) is 0 Å². The number of benzene rings is 2. The minimum absolute atomic E-state index is 0.143. The molecular weight excluding hydrogens is 302 g/mol. The summed E-state index contributed by atoms with van der Waals surface area (Å²) in [6, 6.07) is 11.6. The van der Waals surface area contributed by atoms with E-state index in [1.807, 2.05) is 0 Å². The van der Waals surface area contributed by atoms with Crippen molar-refractivity contribution in [2.45, 2.75) is 6.42 Å². The van der Waals surface area contributed by atoms with Gasteiger partial charge in [0, 0.05) is 29.0 Å². The summed E-state index contributed by atoms with van der Waals surface area (Å²) in [6.45, 7) is 0. The summed E-state index contributed by atoms with van der Waals surface area (Å²) >= 11 is 5.54. The largest absolute Gasteiger partial charge is 0.325 e. The van der Waals surface area contributed by atoms with Gasteiger partial charge < -0.3 is 5.32 Å². The highest BCUT2D eigenvalue weighted by molar-refractivity contribution is 6.30. The van der Waals surface area contributed by atoms with E-state index in [9.17, 15) is 14.4 Å². The Bertz CT molecular complexity index is 798. The molecule has 0 aromatic heterocycles. The number of ketones is 2. The fourth-order valence-electron chi connectivity index (χ4n) is 2.55. The van der Waals surface area contributed by atoms with E-state index in [4.69, 9.17) is 11.6 Å². The average Bonchev–Trinajstić information content (AvgIpc) is 2.53. The number of carbonyl (C=O) groups excluding carboxylic acids is 3. The molecule has 22 heavy (non-hydrogen) atoms. The first-order valence-electron chi connectivity index (χ1n) is 6.80. The number of hydrogen-bond donors (Lipinski definition) is 1. The molecule has 0 unspecified atom stereocenters. The lowest BCUT2D eigenvalue weighted by atomic mass is 9.83. The van der Waals surface area contributed by atoms with Crippen molar-refractivity contribution in [3.05, 3.63) is 64.7 Å². The van der Waals surface area contributed by atoms with Crippen LogP contribution in [-0.2, 0) is 4.79 Å². The first-order valence-corrected chi connectivity index (χ1v) is 7.34. The molecule has 0 saturated heterocycles. The number of nitrogens with one attached hydrogen (secondary N) is 1. The van der Waals surface area contributed by atoms with Crippen LogP contribution in [0, 0.1) is 0 Å². The van der Waals surface area contributed by atoms with Gasteiger partial charge in [0.25, 0.3) is 0 Å². The number of hydrogen-bond acceptors (Lipinski definition) is 3. The summed E-state index contributed by atoms with van der Waals surface area (Å²) in [6.07, 6.45) is 0.143. The van der Waals surface area contributed by atoms with E-state index in [2.05, 4.69) is 5.32 Å². The minimum atomic E-state index is -0.289. The Labute approximate surface area is 132 Å². The molecule has 0 saturated carbocycles. The molecule has 0 radical (unpaired) electrons. The van der Waals surface area contributed by atoms with Gasteiger partial charge in [0.1, 0.15) is 0 Å². The summed E-state index contributed by atoms with van der Waals surface area (Å²) < 4.78 is 0. The van der Waals surface area contributed by atoms with Gasteiger partial charge in [0.2, 0.25) is 5.91 Å². The van der Waals surface area contributed by atoms with Crippen molar-refractivity contribution in [1.29, 1.82) is 0 Å². The molecular formula is C17H12ClNO3.